The van der Waals surface area contributed by atoms with E-state index in [-0.39, 0.29) is 11.7 Å². The lowest BCUT2D eigenvalue weighted by Crippen LogP contribution is -2.30. The molecule has 2 rings (SSSR count). The first-order valence-corrected chi connectivity index (χ1v) is 7.90. The molecule has 0 fully saturated rings. The summed E-state index contributed by atoms with van der Waals surface area (Å²) < 4.78 is 18.6. The number of ether oxygens (including phenoxy) is 1. The summed E-state index contributed by atoms with van der Waals surface area (Å²) in [5.74, 6) is -0.898. The number of carbonyl (C=O) groups is 2. The average Bonchev–Trinajstić information content (AvgIpc) is 2.56. The minimum Gasteiger partial charge on any atom is -0.481 e. The third-order valence-corrected chi connectivity index (χ3v) is 3.69. The summed E-state index contributed by atoms with van der Waals surface area (Å²) >= 11 is 6.08. The highest BCUT2D eigenvalue weighted by atomic mass is 35.5. The molecule has 0 aliphatic rings. The van der Waals surface area contributed by atoms with E-state index in [9.17, 15) is 14.0 Å². The molecule has 7 heteroatoms. The molecule has 25 heavy (non-hydrogen) atoms. The Balaban J connectivity index is 2.11. The monoisotopic (exact) mass is 364 g/mol. The number of anilines is 1. The van der Waals surface area contributed by atoms with Crippen LogP contribution in [0.15, 0.2) is 42.5 Å². The zero-order chi connectivity index (χ0) is 18.6. The molecule has 0 spiro atoms. The summed E-state index contributed by atoms with van der Waals surface area (Å²) in [6.45, 7) is 1.53. The molecule has 2 aromatic carbocycles. The molecule has 0 aliphatic heterocycles. The van der Waals surface area contributed by atoms with Crippen molar-refractivity contribution in [2.45, 2.75) is 13.0 Å². The van der Waals surface area contributed by atoms with Crippen LogP contribution in [0.3, 0.4) is 0 Å². The van der Waals surface area contributed by atoms with Gasteiger partial charge in [-0.05, 0) is 37.3 Å². The zero-order valence-electron chi connectivity index (χ0n) is 14.0. The zero-order valence-corrected chi connectivity index (χ0v) is 14.8. The van der Waals surface area contributed by atoms with E-state index < -0.39 is 17.8 Å². The smallest absolute Gasteiger partial charge is 0.265 e. The lowest BCUT2D eigenvalue weighted by molar-refractivity contribution is -0.122. The maximum Gasteiger partial charge on any atom is 0.265 e. The van der Waals surface area contributed by atoms with Crippen molar-refractivity contribution in [3.8, 4) is 5.75 Å². The van der Waals surface area contributed by atoms with E-state index in [4.69, 9.17) is 16.3 Å². The quantitative estimate of drug-likeness (QED) is 0.882. The Morgan fingerprint density at radius 3 is 2.56 bits per heavy atom. The Morgan fingerprint density at radius 2 is 1.92 bits per heavy atom. The van der Waals surface area contributed by atoms with Gasteiger partial charge in [-0.2, -0.15) is 0 Å². The maximum atomic E-state index is 13.2. The normalized spacial score (nSPS) is 11.6. The number of amides is 2. The molecule has 2 aromatic rings. The van der Waals surface area contributed by atoms with Crippen LogP contribution in [-0.4, -0.2) is 36.9 Å². The molecule has 0 radical (unpaired) electrons. The average molecular weight is 365 g/mol. The minimum absolute atomic E-state index is 0.212. The second-order valence-electron chi connectivity index (χ2n) is 5.60. The van der Waals surface area contributed by atoms with Crippen LogP contribution in [0.1, 0.15) is 17.3 Å². The van der Waals surface area contributed by atoms with E-state index in [1.54, 1.807) is 26.2 Å². The van der Waals surface area contributed by atoms with Gasteiger partial charge in [0.15, 0.2) is 6.10 Å². The summed E-state index contributed by atoms with van der Waals surface area (Å²) in [4.78, 5) is 25.7. The minimum atomic E-state index is -0.883. The van der Waals surface area contributed by atoms with Crippen LogP contribution >= 0.6 is 11.6 Å². The van der Waals surface area contributed by atoms with Gasteiger partial charge in [0.1, 0.15) is 11.6 Å². The molecule has 132 valence electrons. The van der Waals surface area contributed by atoms with Crippen LogP contribution < -0.4 is 10.1 Å². The largest absolute Gasteiger partial charge is 0.481 e. The Hall–Kier alpha value is -2.60. The predicted octanol–water partition coefficient (Wildman–Crippen LogP) is 3.59. The number of nitrogens with zero attached hydrogens (tertiary/aromatic N) is 1. The van der Waals surface area contributed by atoms with Crippen molar-refractivity contribution in [3.05, 3.63) is 58.9 Å². The molecular formula is C18H18ClFN2O3. The van der Waals surface area contributed by atoms with Gasteiger partial charge < -0.3 is 15.0 Å². The van der Waals surface area contributed by atoms with Crippen LogP contribution in [0.2, 0.25) is 5.02 Å². The number of hydrogen-bond donors (Lipinski definition) is 1. The molecule has 1 unspecified atom stereocenters. The molecule has 0 saturated heterocycles. The number of nitrogens with one attached hydrogen (secondary N) is 1. The Morgan fingerprint density at radius 1 is 1.20 bits per heavy atom. The number of halogens is 2. The second-order valence-corrected chi connectivity index (χ2v) is 6.01. The first-order chi connectivity index (χ1) is 11.8. The summed E-state index contributed by atoms with van der Waals surface area (Å²) in [7, 11) is 3.26. The molecule has 0 bridgehead atoms. The maximum absolute atomic E-state index is 13.2. The second kappa shape index (κ2) is 7.98. The number of carbonyl (C=O) groups excluding carboxylic acids is 2. The van der Waals surface area contributed by atoms with E-state index in [1.807, 2.05) is 0 Å². The Labute approximate surface area is 150 Å². The predicted molar refractivity (Wildman–Crippen MR) is 94.6 cm³/mol. The van der Waals surface area contributed by atoms with Gasteiger partial charge in [-0.1, -0.05) is 17.7 Å². The fourth-order valence-electron chi connectivity index (χ4n) is 2.04. The van der Waals surface area contributed by atoms with Gasteiger partial charge in [-0.3, -0.25) is 9.59 Å². The summed E-state index contributed by atoms with van der Waals surface area (Å²) in [6, 6.07) is 10.1. The van der Waals surface area contributed by atoms with Gasteiger partial charge in [-0.15, -0.1) is 0 Å². The van der Waals surface area contributed by atoms with Crippen molar-refractivity contribution in [2.24, 2.45) is 0 Å². The highest BCUT2D eigenvalue weighted by molar-refractivity contribution is 6.34. The van der Waals surface area contributed by atoms with Crippen LogP contribution in [0.25, 0.3) is 0 Å². The van der Waals surface area contributed by atoms with Crippen LogP contribution in [0.5, 0.6) is 5.75 Å². The van der Waals surface area contributed by atoms with Crippen molar-refractivity contribution in [1.82, 2.24) is 4.90 Å². The number of hydrogen-bond acceptors (Lipinski definition) is 3. The highest BCUT2D eigenvalue weighted by Gasteiger charge is 2.18. The third kappa shape index (κ3) is 4.93. The van der Waals surface area contributed by atoms with Gasteiger partial charge in [0.2, 0.25) is 0 Å². The molecule has 2 amide bonds. The van der Waals surface area contributed by atoms with Crippen molar-refractivity contribution >= 4 is 29.1 Å². The molecule has 0 aliphatic carbocycles. The van der Waals surface area contributed by atoms with Crippen molar-refractivity contribution in [2.75, 3.05) is 19.4 Å². The molecular weight excluding hydrogens is 347 g/mol. The lowest BCUT2D eigenvalue weighted by Gasteiger charge is -2.16. The van der Waals surface area contributed by atoms with Gasteiger partial charge in [0.25, 0.3) is 11.8 Å². The molecule has 1 atom stereocenters. The van der Waals surface area contributed by atoms with Crippen LogP contribution in [-0.2, 0) is 4.79 Å². The highest BCUT2D eigenvalue weighted by Crippen LogP contribution is 2.24. The molecule has 0 saturated carbocycles. The SMILES string of the molecule is CC(Oc1cccc(F)c1)C(=O)Nc1cc(C(=O)N(C)C)ccc1Cl. The van der Waals surface area contributed by atoms with E-state index in [1.165, 1.54) is 42.2 Å². The molecule has 5 nitrogen and oxygen atoms in total. The fourth-order valence-corrected chi connectivity index (χ4v) is 2.21. The first kappa shape index (κ1) is 18.7. The summed E-state index contributed by atoms with van der Waals surface area (Å²) in [5, 5.41) is 2.91. The number of benzene rings is 2. The molecule has 0 aromatic heterocycles. The van der Waals surface area contributed by atoms with E-state index in [2.05, 4.69) is 5.32 Å². The van der Waals surface area contributed by atoms with E-state index >= 15 is 0 Å². The van der Waals surface area contributed by atoms with Crippen LogP contribution in [0.4, 0.5) is 10.1 Å². The standard InChI is InChI=1S/C18H18ClFN2O3/c1-11(25-14-6-4-5-13(20)10-14)17(23)21-16-9-12(7-8-15(16)19)18(24)22(2)3/h4-11H,1-3H3,(H,21,23). The third-order valence-electron chi connectivity index (χ3n) is 3.36. The van der Waals surface area contributed by atoms with Crippen LogP contribution in [0, 0.1) is 5.82 Å². The first-order valence-electron chi connectivity index (χ1n) is 7.52. The van der Waals surface area contributed by atoms with Crippen molar-refractivity contribution in [1.29, 1.82) is 0 Å². The Kier molecular flexibility index (Phi) is 5.98. The summed E-state index contributed by atoms with van der Waals surface area (Å²) in [6.07, 6.45) is -0.883. The van der Waals surface area contributed by atoms with Gasteiger partial charge >= 0.3 is 0 Å². The van der Waals surface area contributed by atoms with E-state index in [0.717, 1.165) is 0 Å². The van der Waals surface area contributed by atoms with Gasteiger partial charge in [0, 0.05) is 25.7 Å². The van der Waals surface area contributed by atoms with Gasteiger partial charge in [-0.25, -0.2) is 4.39 Å². The lowest BCUT2D eigenvalue weighted by atomic mass is 10.1. The topological polar surface area (TPSA) is 58.6 Å². The van der Waals surface area contributed by atoms with E-state index in [0.29, 0.717) is 16.3 Å². The van der Waals surface area contributed by atoms with Crippen molar-refractivity contribution < 1.29 is 18.7 Å². The summed E-state index contributed by atoms with van der Waals surface area (Å²) in [5.41, 5.74) is 0.692. The Bertz CT molecular complexity index is 796. The molecule has 1 N–H and O–H groups in total. The number of rotatable bonds is 5. The van der Waals surface area contributed by atoms with Crippen molar-refractivity contribution in [3.63, 3.8) is 0 Å². The van der Waals surface area contributed by atoms with Gasteiger partial charge in [0.05, 0.1) is 10.7 Å². The fraction of sp³-hybridized carbons (Fsp3) is 0.222. The molecule has 0 heterocycles.